The molecule has 0 bridgehead atoms. The van der Waals surface area contributed by atoms with Crippen molar-refractivity contribution >= 4 is 58.8 Å². The molecule has 2 N–H and O–H groups in total. The van der Waals surface area contributed by atoms with Gasteiger partial charge in [0.15, 0.2) is 0 Å². The molecule has 1 unspecified atom stereocenters. The summed E-state index contributed by atoms with van der Waals surface area (Å²) in [6, 6.07) is 24.8. The maximum atomic E-state index is 14.0. The third-order valence-electron chi connectivity index (χ3n) is 13.3. The van der Waals surface area contributed by atoms with Gasteiger partial charge in [0, 0.05) is 57.2 Å². The maximum absolute atomic E-state index is 14.0. The smallest absolute Gasteiger partial charge is 0.255 e. The van der Waals surface area contributed by atoms with Gasteiger partial charge in [-0.25, -0.2) is 9.97 Å². The number of nitrogens with zero attached hydrogens (tertiary/aromatic N) is 6. The number of carbonyl (C=O) groups is 5. The van der Waals surface area contributed by atoms with Crippen LogP contribution >= 0.6 is 11.6 Å². The van der Waals surface area contributed by atoms with Crippen LogP contribution in [0.15, 0.2) is 97.5 Å². The predicted octanol–water partition coefficient (Wildman–Crippen LogP) is 8.81. The zero-order valence-corrected chi connectivity index (χ0v) is 38.7. The predicted molar refractivity (Wildman–Crippen MR) is 258 cm³/mol. The standard InChI is InChI=1S/C52H57ClN8O6/c1-54-46(63)20-17-41(35-62)61-34-39-29-43(18-19-44(39)49(61)65)67-27-10-5-3-2-4-9-16-47(64)59-24-21-52(22-25-59)23-26-60(50(52)66)42-30-40(31-55-32-42)57-51-56-33-45(53)48(58-51)38-15-11-14-37(28-38)36-12-7-6-8-13-36/h6-8,11-15,18-19,28-33,35,41H,2-5,9-10,16-17,20-27,34H2,1H3,(H,54,63)(H,56,57,58). The number of anilines is 3. The molecule has 2 saturated heterocycles. The molecule has 2 aromatic heterocycles. The summed E-state index contributed by atoms with van der Waals surface area (Å²) in [7, 11) is 1.55. The van der Waals surface area contributed by atoms with E-state index in [9.17, 15) is 24.0 Å². The van der Waals surface area contributed by atoms with Crippen molar-refractivity contribution in [1.82, 2.24) is 30.1 Å². The number of hydrogen-bond donors (Lipinski definition) is 2. The number of piperidine rings is 1. The third-order valence-corrected chi connectivity index (χ3v) is 13.6. The van der Waals surface area contributed by atoms with Crippen molar-refractivity contribution in [3.05, 3.63) is 114 Å². The van der Waals surface area contributed by atoms with Crippen LogP contribution in [-0.4, -0.2) is 94.0 Å². The fourth-order valence-electron chi connectivity index (χ4n) is 9.41. The van der Waals surface area contributed by atoms with Crippen LogP contribution in [-0.2, 0) is 25.7 Å². The lowest BCUT2D eigenvalue weighted by Crippen LogP contribution is -2.46. The first-order valence-electron chi connectivity index (χ1n) is 23.4. The summed E-state index contributed by atoms with van der Waals surface area (Å²) in [5.74, 6) is 0.927. The minimum atomic E-state index is -0.655. The van der Waals surface area contributed by atoms with E-state index in [2.05, 4.69) is 44.9 Å². The van der Waals surface area contributed by atoms with E-state index in [4.69, 9.17) is 21.3 Å². The van der Waals surface area contributed by atoms with Crippen molar-refractivity contribution < 1.29 is 28.7 Å². The summed E-state index contributed by atoms with van der Waals surface area (Å²) in [6.07, 6.45) is 14.5. The van der Waals surface area contributed by atoms with Crippen LogP contribution in [0.1, 0.15) is 93.0 Å². The average molecular weight is 926 g/mol. The number of carbonyl (C=O) groups excluding carboxylic acids is 5. The molecule has 67 heavy (non-hydrogen) atoms. The number of pyridine rings is 1. The molecule has 3 aliphatic heterocycles. The van der Waals surface area contributed by atoms with E-state index in [-0.39, 0.29) is 36.5 Å². The Kier molecular flexibility index (Phi) is 15.2. The van der Waals surface area contributed by atoms with Gasteiger partial charge in [-0.15, -0.1) is 0 Å². The first-order valence-corrected chi connectivity index (χ1v) is 23.8. The van der Waals surface area contributed by atoms with Crippen LogP contribution in [0.2, 0.25) is 5.02 Å². The van der Waals surface area contributed by atoms with Crippen LogP contribution in [0.25, 0.3) is 22.4 Å². The number of amides is 4. The maximum Gasteiger partial charge on any atom is 0.255 e. The Hall–Kier alpha value is -6.67. The van der Waals surface area contributed by atoms with E-state index in [0.29, 0.717) is 91.4 Å². The Morgan fingerprint density at radius 1 is 0.836 bits per heavy atom. The molecular weight excluding hydrogens is 868 g/mol. The van der Waals surface area contributed by atoms with Crippen molar-refractivity contribution in [3.63, 3.8) is 0 Å². The van der Waals surface area contributed by atoms with Crippen molar-refractivity contribution in [2.24, 2.45) is 5.41 Å². The molecule has 0 saturated carbocycles. The summed E-state index contributed by atoms with van der Waals surface area (Å²) >= 11 is 6.60. The van der Waals surface area contributed by atoms with Gasteiger partial charge < -0.3 is 34.9 Å². The molecule has 5 aromatic rings. The number of ether oxygens (including phenoxy) is 1. The van der Waals surface area contributed by atoms with Crippen molar-refractivity contribution in [1.29, 1.82) is 0 Å². The average Bonchev–Trinajstić information content (AvgIpc) is 3.86. The molecule has 8 rings (SSSR count). The van der Waals surface area contributed by atoms with E-state index in [1.54, 1.807) is 37.8 Å². The first kappa shape index (κ1) is 46.8. The zero-order valence-electron chi connectivity index (χ0n) is 37.9. The Balaban J connectivity index is 0.729. The van der Waals surface area contributed by atoms with Gasteiger partial charge in [0.05, 0.1) is 58.7 Å². The molecular formula is C52H57ClN8O6. The highest BCUT2D eigenvalue weighted by atomic mass is 35.5. The fourth-order valence-corrected chi connectivity index (χ4v) is 9.61. The van der Waals surface area contributed by atoms with Gasteiger partial charge in [0.25, 0.3) is 5.91 Å². The van der Waals surface area contributed by atoms with Gasteiger partial charge in [-0.1, -0.05) is 85.8 Å². The number of unbranched alkanes of at least 4 members (excludes halogenated alkanes) is 5. The number of likely N-dealkylation sites (tertiary alicyclic amines) is 1. The summed E-state index contributed by atoms with van der Waals surface area (Å²) in [5.41, 5.74) is 5.87. The largest absolute Gasteiger partial charge is 0.494 e. The lowest BCUT2D eigenvalue weighted by Gasteiger charge is -2.38. The Morgan fingerprint density at radius 2 is 1.58 bits per heavy atom. The number of fused-ring (bicyclic) bond motifs is 1. The quantitative estimate of drug-likeness (QED) is 0.0569. The minimum absolute atomic E-state index is 0.0865. The number of aldehydes is 1. The van der Waals surface area contributed by atoms with Gasteiger partial charge in [0.1, 0.15) is 12.0 Å². The third kappa shape index (κ3) is 11.1. The number of rotatable bonds is 20. The first-order chi connectivity index (χ1) is 32.6. The highest BCUT2D eigenvalue weighted by Gasteiger charge is 2.49. The van der Waals surface area contributed by atoms with Gasteiger partial charge in [-0.2, -0.15) is 0 Å². The van der Waals surface area contributed by atoms with Gasteiger partial charge in [0.2, 0.25) is 23.7 Å². The molecule has 3 aromatic carbocycles. The van der Waals surface area contributed by atoms with Gasteiger partial charge in [-0.05, 0) is 85.5 Å². The second-order valence-electron chi connectivity index (χ2n) is 17.6. The van der Waals surface area contributed by atoms with E-state index >= 15 is 0 Å². The number of aromatic nitrogens is 3. The summed E-state index contributed by atoms with van der Waals surface area (Å²) in [6.45, 7) is 2.63. The van der Waals surface area contributed by atoms with Crippen LogP contribution in [0.5, 0.6) is 5.75 Å². The molecule has 348 valence electrons. The lowest BCUT2D eigenvalue weighted by molar-refractivity contribution is -0.137. The lowest BCUT2D eigenvalue weighted by atomic mass is 9.77. The van der Waals surface area contributed by atoms with Gasteiger partial charge in [-0.3, -0.25) is 24.2 Å². The SMILES string of the molecule is CNC(=O)CCC(C=O)N1Cc2cc(OCCCCCCCCC(=O)N3CCC4(CC3)CCN(c3cncc(Nc5ncc(Cl)c(-c6cccc(-c7ccccc7)c6)n5)c3)C4=O)ccc2C1=O. The Labute approximate surface area is 396 Å². The second kappa shape index (κ2) is 21.8. The number of halogens is 1. The van der Waals surface area contributed by atoms with Crippen LogP contribution < -0.4 is 20.3 Å². The van der Waals surface area contributed by atoms with E-state index in [1.165, 1.54) is 4.90 Å². The monoisotopic (exact) mass is 924 g/mol. The molecule has 1 atom stereocenters. The van der Waals surface area contributed by atoms with Crippen molar-refractivity contribution in [2.45, 2.75) is 89.6 Å². The molecule has 4 amide bonds. The van der Waals surface area contributed by atoms with Crippen LogP contribution in [0, 0.1) is 5.41 Å². The molecule has 0 aliphatic carbocycles. The summed E-state index contributed by atoms with van der Waals surface area (Å²) in [5, 5.41) is 6.24. The molecule has 14 nitrogen and oxygen atoms in total. The summed E-state index contributed by atoms with van der Waals surface area (Å²) < 4.78 is 5.99. The number of benzene rings is 3. The van der Waals surface area contributed by atoms with Crippen molar-refractivity contribution in [3.8, 4) is 28.1 Å². The number of nitrogens with one attached hydrogen (secondary N) is 2. The highest BCUT2D eigenvalue weighted by Crippen LogP contribution is 2.43. The topological polar surface area (TPSA) is 167 Å². The number of hydrogen-bond acceptors (Lipinski definition) is 10. The van der Waals surface area contributed by atoms with E-state index in [0.717, 1.165) is 73.5 Å². The minimum Gasteiger partial charge on any atom is -0.494 e. The molecule has 3 aliphatic rings. The fraction of sp³-hybridized carbons (Fsp3) is 0.385. The highest BCUT2D eigenvalue weighted by molar-refractivity contribution is 6.33. The van der Waals surface area contributed by atoms with Crippen molar-refractivity contribution in [2.75, 3.05) is 43.5 Å². The Morgan fingerprint density at radius 3 is 2.37 bits per heavy atom. The van der Waals surface area contributed by atoms with Crippen LogP contribution in [0.4, 0.5) is 17.3 Å². The summed E-state index contributed by atoms with van der Waals surface area (Å²) in [4.78, 5) is 82.5. The zero-order chi connectivity index (χ0) is 46.8. The second-order valence-corrected chi connectivity index (χ2v) is 18.1. The molecule has 2 fully saturated rings. The molecule has 5 heterocycles. The van der Waals surface area contributed by atoms with Gasteiger partial charge >= 0.3 is 0 Å². The molecule has 1 spiro atoms. The normalized spacial score (nSPS) is 15.7. The Bertz CT molecular complexity index is 2580. The van der Waals surface area contributed by atoms with E-state index in [1.807, 2.05) is 52.3 Å². The van der Waals surface area contributed by atoms with Crippen LogP contribution in [0.3, 0.4) is 0 Å². The molecule has 15 heteroatoms. The van der Waals surface area contributed by atoms with E-state index < -0.39 is 11.5 Å². The molecule has 0 radical (unpaired) electrons.